The predicted octanol–water partition coefficient (Wildman–Crippen LogP) is 2.00. The molecule has 0 radical (unpaired) electrons. The van der Waals surface area contributed by atoms with Crippen LogP contribution >= 0.6 is 0 Å². The number of hydrogen-bond donors (Lipinski definition) is 0. The molecular formula is C17H22N4O2. The van der Waals surface area contributed by atoms with Crippen molar-refractivity contribution in [2.75, 3.05) is 19.7 Å². The summed E-state index contributed by atoms with van der Waals surface area (Å²) >= 11 is 0. The third kappa shape index (κ3) is 2.95. The van der Waals surface area contributed by atoms with Crippen molar-refractivity contribution in [3.05, 3.63) is 30.2 Å². The van der Waals surface area contributed by atoms with Gasteiger partial charge in [-0.1, -0.05) is 0 Å². The zero-order valence-electron chi connectivity index (χ0n) is 13.2. The van der Waals surface area contributed by atoms with Crippen LogP contribution in [0.1, 0.15) is 43.7 Å². The van der Waals surface area contributed by atoms with Crippen LogP contribution < -0.4 is 0 Å². The number of likely N-dealkylation sites (tertiary alicyclic amines) is 1. The Morgan fingerprint density at radius 2 is 2.04 bits per heavy atom. The number of fused-ring (bicyclic) bond motifs is 1. The molecule has 2 aliphatic rings. The summed E-state index contributed by atoms with van der Waals surface area (Å²) in [7, 11) is 0. The Hall–Kier alpha value is -1.95. The summed E-state index contributed by atoms with van der Waals surface area (Å²) in [6.07, 6.45) is 8.50. The number of aromatic nitrogens is 3. The SMILES string of the molecule is O=C(C1CCCCO1)N1CCC(c2ccn3nccc3n2)CC1. The van der Waals surface area contributed by atoms with Crippen LogP contribution in [0.5, 0.6) is 0 Å². The van der Waals surface area contributed by atoms with Gasteiger partial charge in [-0.15, -0.1) is 0 Å². The van der Waals surface area contributed by atoms with Crippen LogP contribution in [0.15, 0.2) is 24.5 Å². The molecule has 2 aromatic rings. The second-order valence-corrected chi connectivity index (χ2v) is 6.44. The van der Waals surface area contributed by atoms with Gasteiger partial charge in [0.2, 0.25) is 0 Å². The molecule has 4 heterocycles. The van der Waals surface area contributed by atoms with E-state index in [1.54, 1.807) is 10.7 Å². The molecule has 122 valence electrons. The van der Waals surface area contributed by atoms with E-state index in [4.69, 9.17) is 9.72 Å². The van der Waals surface area contributed by atoms with Crippen LogP contribution in [0.4, 0.5) is 0 Å². The highest BCUT2D eigenvalue weighted by Crippen LogP contribution is 2.28. The molecule has 0 aliphatic carbocycles. The molecule has 2 fully saturated rings. The molecule has 0 saturated carbocycles. The summed E-state index contributed by atoms with van der Waals surface area (Å²) in [5, 5.41) is 4.18. The van der Waals surface area contributed by atoms with Gasteiger partial charge in [0.15, 0.2) is 5.65 Å². The van der Waals surface area contributed by atoms with Crippen LogP contribution in [-0.2, 0) is 9.53 Å². The highest BCUT2D eigenvalue weighted by atomic mass is 16.5. The Morgan fingerprint density at radius 3 is 2.83 bits per heavy atom. The van der Waals surface area contributed by atoms with Crippen LogP contribution in [0.3, 0.4) is 0 Å². The van der Waals surface area contributed by atoms with Crippen molar-refractivity contribution < 1.29 is 9.53 Å². The first kappa shape index (κ1) is 14.6. The molecule has 4 rings (SSSR count). The molecule has 2 aliphatic heterocycles. The first-order valence-electron chi connectivity index (χ1n) is 8.52. The normalized spacial score (nSPS) is 23.3. The molecule has 1 unspecified atom stereocenters. The van der Waals surface area contributed by atoms with Gasteiger partial charge in [-0.25, -0.2) is 9.50 Å². The first-order chi connectivity index (χ1) is 11.3. The van der Waals surface area contributed by atoms with Crippen molar-refractivity contribution in [3.8, 4) is 0 Å². The topological polar surface area (TPSA) is 59.7 Å². The van der Waals surface area contributed by atoms with E-state index in [0.717, 1.165) is 63.1 Å². The van der Waals surface area contributed by atoms with E-state index in [0.29, 0.717) is 5.92 Å². The predicted molar refractivity (Wildman–Crippen MR) is 85.1 cm³/mol. The van der Waals surface area contributed by atoms with E-state index in [1.165, 1.54) is 0 Å². The quantitative estimate of drug-likeness (QED) is 0.851. The molecule has 0 N–H and O–H groups in total. The summed E-state index contributed by atoms with van der Waals surface area (Å²) in [6.45, 7) is 2.33. The summed E-state index contributed by atoms with van der Waals surface area (Å²) in [6, 6.07) is 3.97. The minimum atomic E-state index is -0.207. The van der Waals surface area contributed by atoms with Gasteiger partial charge in [0.25, 0.3) is 5.91 Å². The number of ether oxygens (including phenoxy) is 1. The molecule has 0 spiro atoms. The molecule has 23 heavy (non-hydrogen) atoms. The molecule has 0 aromatic carbocycles. The Labute approximate surface area is 135 Å². The first-order valence-corrected chi connectivity index (χ1v) is 8.52. The number of piperidine rings is 1. The average molecular weight is 314 g/mol. The second kappa shape index (κ2) is 6.28. The van der Waals surface area contributed by atoms with Gasteiger partial charge in [-0.3, -0.25) is 4.79 Å². The minimum Gasteiger partial charge on any atom is -0.368 e. The van der Waals surface area contributed by atoms with E-state index < -0.39 is 0 Å². The summed E-state index contributed by atoms with van der Waals surface area (Å²) < 4.78 is 7.41. The lowest BCUT2D eigenvalue weighted by Gasteiger charge is -2.34. The van der Waals surface area contributed by atoms with E-state index in [2.05, 4.69) is 5.10 Å². The van der Waals surface area contributed by atoms with Crippen molar-refractivity contribution in [3.63, 3.8) is 0 Å². The molecule has 6 heteroatoms. The lowest BCUT2D eigenvalue weighted by Crippen LogP contribution is -2.45. The van der Waals surface area contributed by atoms with E-state index >= 15 is 0 Å². The Bertz CT molecular complexity index is 685. The summed E-state index contributed by atoms with van der Waals surface area (Å²) in [5.41, 5.74) is 2.00. The number of hydrogen-bond acceptors (Lipinski definition) is 4. The maximum absolute atomic E-state index is 12.5. The number of carbonyl (C=O) groups excluding carboxylic acids is 1. The number of rotatable bonds is 2. The standard InChI is InChI=1S/C17H22N4O2/c22-17(15-3-1-2-12-23-15)20-9-5-13(6-10-20)14-7-11-21-16(19-14)4-8-18-21/h4,7-8,11,13,15H,1-3,5-6,9-10,12H2. The molecule has 1 atom stereocenters. The zero-order valence-corrected chi connectivity index (χ0v) is 13.2. The summed E-state index contributed by atoms with van der Waals surface area (Å²) in [4.78, 5) is 19.2. The highest BCUT2D eigenvalue weighted by Gasteiger charge is 2.30. The van der Waals surface area contributed by atoms with Crippen molar-refractivity contribution in [2.45, 2.75) is 44.1 Å². The van der Waals surface area contributed by atoms with Crippen molar-refractivity contribution in [1.29, 1.82) is 0 Å². The van der Waals surface area contributed by atoms with Gasteiger partial charge in [0.1, 0.15) is 6.10 Å². The lowest BCUT2D eigenvalue weighted by atomic mass is 9.93. The molecule has 0 bridgehead atoms. The molecule has 2 saturated heterocycles. The van der Waals surface area contributed by atoms with Gasteiger partial charge < -0.3 is 9.64 Å². The number of nitrogens with zero attached hydrogens (tertiary/aromatic N) is 4. The van der Waals surface area contributed by atoms with Gasteiger partial charge in [0.05, 0.1) is 6.20 Å². The second-order valence-electron chi connectivity index (χ2n) is 6.44. The largest absolute Gasteiger partial charge is 0.368 e. The van der Waals surface area contributed by atoms with Gasteiger partial charge in [-0.05, 0) is 38.2 Å². The number of amides is 1. The van der Waals surface area contributed by atoms with Crippen molar-refractivity contribution in [1.82, 2.24) is 19.5 Å². The van der Waals surface area contributed by atoms with E-state index in [-0.39, 0.29) is 12.0 Å². The van der Waals surface area contributed by atoms with Gasteiger partial charge in [0, 0.05) is 43.6 Å². The van der Waals surface area contributed by atoms with Crippen molar-refractivity contribution >= 4 is 11.6 Å². The van der Waals surface area contributed by atoms with Crippen LogP contribution in [0.2, 0.25) is 0 Å². The highest BCUT2D eigenvalue weighted by molar-refractivity contribution is 5.81. The maximum atomic E-state index is 12.5. The van der Waals surface area contributed by atoms with Crippen LogP contribution in [-0.4, -0.2) is 51.2 Å². The van der Waals surface area contributed by atoms with Gasteiger partial charge in [-0.2, -0.15) is 5.10 Å². The molecule has 6 nitrogen and oxygen atoms in total. The van der Waals surface area contributed by atoms with Crippen molar-refractivity contribution in [2.24, 2.45) is 0 Å². The smallest absolute Gasteiger partial charge is 0.251 e. The van der Waals surface area contributed by atoms with Crippen LogP contribution in [0, 0.1) is 0 Å². The fourth-order valence-corrected chi connectivity index (χ4v) is 3.59. The maximum Gasteiger partial charge on any atom is 0.251 e. The Morgan fingerprint density at radius 1 is 1.17 bits per heavy atom. The molecular weight excluding hydrogens is 292 g/mol. The Kier molecular flexibility index (Phi) is 3.99. The molecule has 1 amide bonds. The fraction of sp³-hybridized carbons (Fsp3) is 0.588. The van der Waals surface area contributed by atoms with E-state index in [1.807, 2.05) is 23.2 Å². The van der Waals surface area contributed by atoms with E-state index in [9.17, 15) is 4.79 Å². The lowest BCUT2D eigenvalue weighted by molar-refractivity contribution is -0.147. The monoisotopic (exact) mass is 314 g/mol. The molecule has 2 aromatic heterocycles. The average Bonchev–Trinajstić information content (AvgIpc) is 3.10. The fourth-order valence-electron chi connectivity index (χ4n) is 3.59. The number of carbonyl (C=O) groups is 1. The summed E-state index contributed by atoms with van der Waals surface area (Å²) in [5.74, 6) is 0.605. The minimum absolute atomic E-state index is 0.183. The Balaban J connectivity index is 1.39. The van der Waals surface area contributed by atoms with Gasteiger partial charge >= 0.3 is 0 Å². The third-order valence-corrected chi connectivity index (χ3v) is 4.96. The third-order valence-electron chi connectivity index (χ3n) is 4.96. The zero-order chi connectivity index (χ0) is 15.6. The van der Waals surface area contributed by atoms with Crippen LogP contribution in [0.25, 0.3) is 5.65 Å².